The molecule has 1 N–H and O–H groups in total. The third-order valence-electron chi connectivity index (χ3n) is 4.50. The maximum absolute atomic E-state index is 13.1. The summed E-state index contributed by atoms with van der Waals surface area (Å²) in [6.45, 7) is 2.92. The van der Waals surface area contributed by atoms with E-state index in [0.29, 0.717) is 18.7 Å². The molecule has 3 aromatic heterocycles. The maximum atomic E-state index is 13.1. The van der Waals surface area contributed by atoms with Crippen molar-refractivity contribution < 1.29 is 4.79 Å². The highest BCUT2D eigenvalue weighted by Gasteiger charge is 2.24. The minimum atomic E-state index is -0.00782. The van der Waals surface area contributed by atoms with Crippen LogP contribution < -0.4 is 4.90 Å². The molecule has 1 fully saturated rings. The molecule has 0 bridgehead atoms. The highest BCUT2D eigenvalue weighted by molar-refractivity contribution is 5.99. The van der Waals surface area contributed by atoms with Crippen molar-refractivity contribution >= 4 is 11.7 Å². The third kappa shape index (κ3) is 3.26. The van der Waals surface area contributed by atoms with Crippen LogP contribution in [-0.4, -0.2) is 62.4 Å². The second-order valence-corrected chi connectivity index (χ2v) is 6.11. The van der Waals surface area contributed by atoms with Crippen LogP contribution in [0.2, 0.25) is 0 Å². The van der Waals surface area contributed by atoms with Gasteiger partial charge in [-0.2, -0.15) is 10.2 Å². The molecule has 0 aromatic carbocycles. The zero-order valence-electron chi connectivity index (χ0n) is 14.2. The van der Waals surface area contributed by atoms with E-state index >= 15 is 0 Å². The summed E-state index contributed by atoms with van der Waals surface area (Å²) < 4.78 is 0. The molecule has 132 valence electrons. The fourth-order valence-electron chi connectivity index (χ4n) is 3.17. The standard InChI is InChI=1S/C18H19N7O/c26-18(15-13-21-23-17(15)14-4-7-19-8-5-14)25-10-2-9-24(11-12-25)16-3-1-6-20-22-16/h1,3-8,13H,2,9-12H2,(H,21,23). The molecule has 8 heteroatoms. The zero-order chi connectivity index (χ0) is 17.8. The fraction of sp³-hybridized carbons (Fsp3) is 0.278. The van der Waals surface area contributed by atoms with E-state index in [-0.39, 0.29) is 5.91 Å². The van der Waals surface area contributed by atoms with Gasteiger partial charge in [-0.25, -0.2) is 0 Å². The Morgan fingerprint density at radius 1 is 1.04 bits per heavy atom. The van der Waals surface area contributed by atoms with E-state index < -0.39 is 0 Å². The molecule has 8 nitrogen and oxygen atoms in total. The molecular formula is C18H19N7O. The van der Waals surface area contributed by atoms with Crippen LogP contribution in [0.4, 0.5) is 5.82 Å². The van der Waals surface area contributed by atoms with E-state index in [4.69, 9.17) is 0 Å². The van der Waals surface area contributed by atoms with Gasteiger partial charge in [0.25, 0.3) is 5.91 Å². The van der Waals surface area contributed by atoms with E-state index in [1.807, 2.05) is 29.2 Å². The summed E-state index contributed by atoms with van der Waals surface area (Å²) in [5, 5.41) is 15.1. The molecule has 1 amide bonds. The molecule has 26 heavy (non-hydrogen) atoms. The molecule has 1 aliphatic heterocycles. The molecule has 1 aliphatic rings. The topological polar surface area (TPSA) is 90.9 Å². The first-order valence-electron chi connectivity index (χ1n) is 8.58. The predicted molar refractivity (Wildman–Crippen MR) is 96.6 cm³/mol. The molecule has 3 aromatic rings. The number of anilines is 1. The van der Waals surface area contributed by atoms with Crippen molar-refractivity contribution in [2.75, 3.05) is 31.1 Å². The summed E-state index contributed by atoms with van der Waals surface area (Å²) in [6.07, 6.45) is 7.55. The zero-order valence-corrected chi connectivity index (χ0v) is 14.2. The Balaban J connectivity index is 1.51. The van der Waals surface area contributed by atoms with Gasteiger partial charge in [-0.05, 0) is 30.7 Å². The van der Waals surface area contributed by atoms with E-state index in [1.54, 1.807) is 24.8 Å². The number of aromatic nitrogens is 5. The molecule has 0 aliphatic carbocycles. The molecule has 0 spiro atoms. The predicted octanol–water partition coefficient (Wildman–Crippen LogP) is 1.61. The number of rotatable bonds is 3. The second-order valence-electron chi connectivity index (χ2n) is 6.11. The molecule has 4 rings (SSSR count). The summed E-state index contributed by atoms with van der Waals surface area (Å²) in [5.41, 5.74) is 2.22. The lowest BCUT2D eigenvalue weighted by molar-refractivity contribution is 0.0768. The number of pyridine rings is 1. The Hall–Kier alpha value is -3.29. The quantitative estimate of drug-likeness (QED) is 0.772. The van der Waals surface area contributed by atoms with Gasteiger partial charge in [0.1, 0.15) is 0 Å². The number of hydrogen-bond acceptors (Lipinski definition) is 6. The van der Waals surface area contributed by atoms with Gasteiger partial charge in [0.2, 0.25) is 0 Å². The Bertz CT molecular complexity index is 866. The van der Waals surface area contributed by atoms with E-state index in [2.05, 4.69) is 30.3 Å². The number of hydrogen-bond donors (Lipinski definition) is 1. The molecule has 0 saturated carbocycles. The van der Waals surface area contributed by atoms with Crippen molar-refractivity contribution in [3.05, 3.63) is 54.6 Å². The number of H-pyrrole nitrogens is 1. The van der Waals surface area contributed by atoms with Crippen molar-refractivity contribution in [1.29, 1.82) is 0 Å². The number of carbonyl (C=O) groups is 1. The highest BCUT2D eigenvalue weighted by Crippen LogP contribution is 2.22. The lowest BCUT2D eigenvalue weighted by Crippen LogP contribution is -2.35. The van der Waals surface area contributed by atoms with Gasteiger partial charge in [0.05, 0.1) is 17.5 Å². The molecule has 0 atom stereocenters. The molecular weight excluding hydrogens is 330 g/mol. The van der Waals surface area contributed by atoms with Gasteiger partial charge < -0.3 is 9.80 Å². The largest absolute Gasteiger partial charge is 0.353 e. The maximum Gasteiger partial charge on any atom is 0.257 e. The second kappa shape index (κ2) is 7.30. The average Bonchev–Trinajstić information content (AvgIpc) is 3.06. The third-order valence-corrected chi connectivity index (χ3v) is 4.50. The van der Waals surface area contributed by atoms with Crippen LogP contribution >= 0.6 is 0 Å². The summed E-state index contributed by atoms with van der Waals surface area (Å²) >= 11 is 0. The van der Waals surface area contributed by atoms with Crippen molar-refractivity contribution in [3.8, 4) is 11.3 Å². The molecule has 0 unspecified atom stereocenters. The number of nitrogens with one attached hydrogen (secondary N) is 1. The number of aromatic amines is 1. The Morgan fingerprint density at radius 2 is 1.92 bits per heavy atom. The van der Waals surface area contributed by atoms with Crippen LogP contribution in [0.3, 0.4) is 0 Å². The minimum Gasteiger partial charge on any atom is -0.353 e. The molecule has 0 radical (unpaired) electrons. The van der Waals surface area contributed by atoms with Gasteiger partial charge in [-0.1, -0.05) is 0 Å². The summed E-state index contributed by atoms with van der Waals surface area (Å²) in [4.78, 5) is 21.1. The van der Waals surface area contributed by atoms with Gasteiger partial charge in [0.15, 0.2) is 5.82 Å². The first-order chi connectivity index (χ1) is 12.8. The Morgan fingerprint density at radius 3 is 2.73 bits per heavy atom. The normalized spacial score (nSPS) is 14.9. The van der Waals surface area contributed by atoms with Gasteiger partial charge in [-0.15, -0.1) is 5.10 Å². The van der Waals surface area contributed by atoms with Crippen molar-refractivity contribution in [3.63, 3.8) is 0 Å². The highest BCUT2D eigenvalue weighted by atomic mass is 16.2. The number of amides is 1. The van der Waals surface area contributed by atoms with Crippen LogP contribution in [0, 0.1) is 0 Å². The van der Waals surface area contributed by atoms with E-state index in [9.17, 15) is 4.79 Å². The number of nitrogens with zero attached hydrogens (tertiary/aromatic N) is 6. The SMILES string of the molecule is O=C(c1cn[nH]c1-c1ccncc1)N1CCCN(c2cccnn2)CC1. The average molecular weight is 349 g/mol. The van der Waals surface area contributed by atoms with Gasteiger partial charge in [-0.3, -0.25) is 14.9 Å². The van der Waals surface area contributed by atoms with Crippen LogP contribution in [-0.2, 0) is 0 Å². The minimum absolute atomic E-state index is 0.00782. The van der Waals surface area contributed by atoms with E-state index in [0.717, 1.165) is 36.6 Å². The van der Waals surface area contributed by atoms with Crippen molar-refractivity contribution in [2.45, 2.75) is 6.42 Å². The first kappa shape index (κ1) is 16.2. The molecule has 1 saturated heterocycles. The van der Waals surface area contributed by atoms with Gasteiger partial charge >= 0.3 is 0 Å². The van der Waals surface area contributed by atoms with E-state index in [1.165, 1.54) is 0 Å². The van der Waals surface area contributed by atoms with Gasteiger partial charge in [0, 0.05) is 50.3 Å². The monoisotopic (exact) mass is 349 g/mol. The van der Waals surface area contributed by atoms with Crippen LogP contribution in [0.15, 0.2) is 49.1 Å². The lowest BCUT2D eigenvalue weighted by atomic mass is 10.1. The summed E-state index contributed by atoms with van der Waals surface area (Å²) in [7, 11) is 0. The molecule has 4 heterocycles. The summed E-state index contributed by atoms with van der Waals surface area (Å²) in [5.74, 6) is 0.842. The summed E-state index contributed by atoms with van der Waals surface area (Å²) in [6, 6.07) is 7.55. The van der Waals surface area contributed by atoms with Crippen LogP contribution in [0.1, 0.15) is 16.8 Å². The van der Waals surface area contributed by atoms with Crippen LogP contribution in [0.25, 0.3) is 11.3 Å². The number of carbonyl (C=O) groups excluding carboxylic acids is 1. The van der Waals surface area contributed by atoms with Crippen molar-refractivity contribution in [1.82, 2.24) is 30.3 Å². The fourth-order valence-corrected chi connectivity index (χ4v) is 3.17. The first-order valence-corrected chi connectivity index (χ1v) is 8.58. The lowest BCUT2D eigenvalue weighted by Gasteiger charge is -2.22. The Kier molecular flexibility index (Phi) is 4.55. The smallest absolute Gasteiger partial charge is 0.257 e. The Labute approximate surface area is 150 Å². The van der Waals surface area contributed by atoms with Crippen LogP contribution in [0.5, 0.6) is 0 Å². The van der Waals surface area contributed by atoms with Crippen molar-refractivity contribution in [2.24, 2.45) is 0 Å².